The molecule has 20 heavy (non-hydrogen) atoms. The Bertz CT molecular complexity index is 470. The van der Waals surface area contributed by atoms with Crippen LogP contribution in [-0.4, -0.2) is 45.1 Å². The molecule has 0 fully saturated rings. The van der Waals surface area contributed by atoms with Crippen LogP contribution >= 0.6 is 11.8 Å². The SMILES string of the molecule is CSCCC(NC(=O)NCc1ccnc(C)n1)C(=O)O. The molecule has 0 bridgehead atoms. The minimum absolute atomic E-state index is 0.226. The fourth-order valence-corrected chi connectivity index (χ4v) is 1.95. The van der Waals surface area contributed by atoms with Gasteiger partial charge in [0.1, 0.15) is 11.9 Å². The molecule has 1 atom stereocenters. The molecule has 0 aliphatic rings. The van der Waals surface area contributed by atoms with Gasteiger partial charge in [0, 0.05) is 6.20 Å². The number of aromatic nitrogens is 2. The van der Waals surface area contributed by atoms with Crippen LogP contribution in [0.25, 0.3) is 0 Å². The molecule has 0 saturated carbocycles. The molecule has 0 saturated heterocycles. The first kappa shape index (κ1) is 16.2. The van der Waals surface area contributed by atoms with E-state index in [1.807, 2.05) is 6.26 Å². The second kappa shape index (κ2) is 8.36. The minimum atomic E-state index is -1.04. The number of thioether (sulfide) groups is 1. The highest BCUT2D eigenvalue weighted by atomic mass is 32.2. The number of carboxylic acids is 1. The van der Waals surface area contributed by atoms with Crippen LogP contribution in [0.4, 0.5) is 4.79 Å². The fraction of sp³-hybridized carbons (Fsp3) is 0.500. The van der Waals surface area contributed by atoms with Crippen molar-refractivity contribution >= 4 is 23.8 Å². The predicted molar refractivity (Wildman–Crippen MR) is 76.6 cm³/mol. The van der Waals surface area contributed by atoms with Crippen molar-refractivity contribution in [3.8, 4) is 0 Å². The molecule has 0 aliphatic heterocycles. The third-order valence-electron chi connectivity index (χ3n) is 2.48. The van der Waals surface area contributed by atoms with Crippen molar-refractivity contribution in [3.05, 3.63) is 23.8 Å². The maximum Gasteiger partial charge on any atom is 0.326 e. The first-order valence-corrected chi connectivity index (χ1v) is 7.47. The average molecular weight is 298 g/mol. The number of nitrogens with zero attached hydrogens (tertiary/aromatic N) is 2. The first-order valence-electron chi connectivity index (χ1n) is 6.07. The zero-order valence-corrected chi connectivity index (χ0v) is 12.2. The zero-order chi connectivity index (χ0) is 15.0. The third kappa shape index (κ3) is 5.87. The summed E-state index contributed by atoms with van der Waals surface area (Å²) in [6.45, 7) is 1.98. The van der Waals surface area contributed by atoms with E-state index in [2.05, 4.69) is 20.6 Å². The maximum absolute atomic E-state index is 11.6. The molecule has 1 aromatic heterocycles. The van der Waals surface area contributed by atoms with Gasteiger partial charge in [-0.1, -0.05) is 0 Å². The smallest absolute Gasteiger partial charge is 0.326 e. The quantitative estimate of drug-likeness (QED) is 0.687. The lowest BCUT2D eigenvalue weighted by Crippen LogP contribution is -2.46. The van der Waals surface area contributed by atoms with Gasteiger partial charge in [0.05, 0.1) is 12.2 Å². The number of carbonyl (C=O) groups is 2. The van der Waals surface area contributed by atoms with E-state index >= 15 is 0 Å². The van der Waals surface area contributed by atoms with Crippen molar-refractivity contribution in [2.45, 2.75) is 25.9 Å². The molecule has 8 heteroatoms. The Labute approximate surface area is 121 Å². The maximum atomic E-state index is 11.6. The van der Waals surface area contributed by atoms with Gasteiger partial charge < -0.3 is 15.7 Å². The standard InChI is InChI=1S/C12H18N4O3S/c1-8-13-5-3-9(15-8)7-14-12(19)16-10(11(17)18)4-6-20-2/h3,5,10H,4,6-7H2,1-2H3,(H,17,18)(H2,14,16,19). The van der Waals surface area contributed by atoms with E-state index in [9.17, 15) is 9.59 Å². The first-order chi connectivity index (χ1) is 9.52. The van der Waals surface area contributed by atoms with Gasteiger partial charge in [-0.25, -0.2) is 19.6 Å². The number of aryl methyl sites for hydroxylation is 1. The van der Waals surface area contributed by atoms with Gasteiger partial charge in [-0.15, -0.1) is 0 Å². The van der Waals surface area contributed by atoms with Crippen LogP contribution in [0.1, 0.15) is 17.9 Å². The minimum Gasteiger partial charge on any atom is -0.480 e. The summed E-state index contributed by atoms with van der Waals surface area (Å²) in [5, 5.41) is 14.0. The van der Waals surface area contributed by atoms with Gasteiger partial charge in [-0.3, -0.25) is 0 Å². The van der Waals surface area contributed by atoms with E-state index in [0.29, 0.717) is 23.7 Å². The van der Waals surface area contributed by atoms with Crippen LogP contribution in [0, 0.1) is 6.92 Å². The Hall–Kier alpha value is -1.83. The van der Waals surface area contributed by atoms with Gasteiger partial charge in [-0.2, -0.15) is 11.8 Å². The number of hydrogen-bond acceptors (Lipinski definition) is 5. The monoisotopic (exact) mass is 298 g/mol. The molecule has 0 aromatic carbocycles. The summed E-state index contributed by atoms with van der Waals surface area (Å²) in [4.78, 5) is 30.7. The molecular weight excluding hydrogens is 280 g/mol. The second-order valence-electron chi connectivity index (χ2n) is 4.09. The van der Waals surface area contributed by atoms with Gasteiger partial charge in [0.2, 0.25) is 0 Å². The van der Waals surface area contributed by atoms with Crippen LogP contribution in [0.5, 0.6) is 0 Å². The van der Waals surface area contributed by atoms with E-state index < -0.39 is 18.0 Å². The fourth-order valence-electron chi connectivity index (χ4n) is 1.48. The molecule has 1 unspecified atom stereocenters. The molecule has 0 radical (unpaired) electrons. The van der Waals surface area contributed by atoms with Gasteiger partial charge in [-0.05, 0) is 31.4 Å². The lowest BCUT2D eigenvalue weighted by atomic mass is 10.2. The molecule has 3 N–H and O–H groups in total. The summed E-state index contributed by atoms with van der Waals surface area (Å²) < 4.78 is 0. The number of rotatable bonds is 7. The number of amides is 2. The van der Waals surface area contributed by atoms with Crippen LogP contribution in [-0.2, 0) is 11.3 Å². The normalized spacial score (nSPS) is 11.7. The lowest BCUT2D eigenvalue weighted by Gasteiger charge is -2.14. The molecule has 1 aromatic rings. The molecule has 2 amide bonds. The summed E-state index contributed by atoms with van der Waals surface area (Å²) in [5.74, 6) is 0.252. The van der Waals surface area contributed by atoms with Crippen molar-refractivity contribution < 1.29 is 14.7 Å². The highest BCUT2D eigenvalue weighted by molar-refractivity contribution is 7.98. The molecule has 1 heterocycles. The van der Waals surface area contributed by atoms with E-state index in [1.54, 1.807) is 19.2 Å². The summed E-state index contributed by atoms with van der Waals surface area (Å²) in [6.07, 6.45) is 3.88. The number of urea groups is 1. The Kier molecular flexibility index (Phi) is 6.78. The molecular formula is C12H18N4O3S. The highest BCUT2D eigenvalue weighted by Crippen LogP contribution is 2.01. The summed E-state index contributed by atoms with van der Waals surface area (Å²) in [6, 6.07) is 0.291. The lowest BCUT2D eigenvalue weighted by molar-refractivity contribution is -0.139. The molecule has 1 rings (SSSR count). The van der Waals surface area contributed by atoms with Crippen LogP contribution in [0.3, 0.4) is 0 Å². The number of nitrogens with one attached hydrogen (secondary N) is 2. The second-order valence-corrected chi connectivity index (χ2v) is 5.08. The van der Waals surface area contributed by atoms with Crippen molar-refractivity contribution in [1.82, 2.24) is 20.6 Å². The Morgan fingerprint density at radius 2 is 2.25 bits per heavy atom. The molecule has 0 aliphatic carbocycles. The predicted octanol–water partition coefficient (Wildman–Crippen LogP) is 0.791. The van der Waals surface area contributed by atoms with Gasteiger partial charge in [0.25, 0.3) is 0 Å². The van der Waals surface area contributed by atoms with E-state index in [0.717, 1.165) is 0 Å². The Morgan fingerprint density at radius 1 is 1.50 bits per heavy atom. The third-order valence-corrected chi connectivity index (χ3v) is 3.12. The van der Waals surface area contributed by atoms with E-state index in [1.165, 1.54) is 11.8 Å². The van der Waals surface area contributed by atoms with Crippen molar-refractivity contribution in [2.24, 2.45) is 0 Å². The van der Waals surface area contributed by atoms with Crippen molar-refractivity contribution in [1.29, 1.82) is 0 Å². The number of hydrogen-bond donors (Lipinski definition) is 3. The molecule has 110 valence electrons. The highest BCUT2D eigenvalue weighted by Gasteiger charge is 2.19. The summed E-state index contributed by atoms with van der Waals surface area (Å²) >= 11 is 1.53. The van der Waals surface area contributed by atoms with Gasteiger partial charge >= 0.3 is 12.0 Å². The Morgan fingerprint density at radius 3 is 2.85 bits per heavy atom. The van der Waals surface area contributed by atoms with Crippen molar-refractivity contribution in [2.75, 3.05) is 12.0 Å². The van der Waals surface area contributed by atoms with Crippen LogP contribution in [0.2, 0.25) is 0 Å². The number of carboxylic acid groups (broad SMARTS) is 1. The average Bonchev–Trinajstić information content (AvgIpc) is 2.41. The van der Waals surface area contributed by atoms with Crippen molar-refractivity contribution in [3.63, 3.8) is 0 Å². The van der Waals surface area contributed by atoms with Crippen LogP contribution < -0.4 is 10.6 Å². The number of carbonyl (C=O) groups excluding carboxylic acids is 1. The largest absolute Gasteiger partial charge is 0.480 e. The molecule has 0 spiro atoms. The molecule has 7 nitrogen and oxygen atoms in total. The number of aliphatic carboxylic acids is 1. The van der Waals surface area contributed by atoms with E-state index in [4.69, 9.17) is 5.11 Å². The Balaban J connectivity index is 2.43. The van der Waals surface area contributed by atoms with Gasteiger partial charge in [0.15, 0.2) is 0 Å². The zero-order valence-electron chi connectivity index (χ0n) is 11.4. The van der Waals surface area contributed by atoms with Crippen LogP contribution in [0.15, 0.2) is 12.3 Å². The van der Waals surface area contributed by atoms with E-state index in [-0.39, 0.29) is 6.54 Å². The summed E-state index contributed by atoms with van der Waals surface area (Å²) in [5.41, 5.74) is 0.670. The summed E-state index contributed by atoms with van der Waals surface area (Å²) in [7, 11) is 0. The topological polar surface area (TPSA) is 104 Å².